The smallest absolute Gasteiger partial charge is 0.0208 e. The zero-order valence-corrected chi connectivity index (χ0v) is 10.4. The van der Waals surface area contributed by atoms with Gasteiger partial charge in [0.15, 0.2) is 0 Å². The highest BCUT2D eigenvalue weighted by atomic mass is 14.9. The van der Waals surface area contributed by atoms with E-state index in [9.17, 15) is 0 Å². The van der Waals surface area contributed by atoms with Crippen LogP contribution in [0.15, 0.2) is 24.3 Å². The summed E-state index contributed by atoms with van der Waals surface area (Å²) in [6.45, 7) is 9.92. The predicted octanol–water partition coefficient (Wildman–Crippen LogP) is 3.52. The van der Waals surface area contributed by atoms with E-state index in [-0.39, 0.29) is 0 Å². The highest BCUT2D eigenvalue weighted by Crippen LogP contribution is 2.08. The second-order valence-electron chi connectivity index (χ2n) is 4.63. The van der Waals surface area contributed by atoms with Crippen LogP contribution in [0.3, 0.4) is 0 Å². The van der Waals surface area contributed by atoms with Crippen molar-refractivity contribution in [3.8, 4) is 0 Å². The van der Waals surface area contributed by atoms with Crippen molar-refractivity contribution in [2.75, 3.05) is 0 Å². The first kappa shape index (κ1) is 12.3. The van der Waals surface area contributed by atoms with Gasteiger partial charge in [0.1, 0.15) is 0 Å². The first-order chi connectivity index (χ1) is 7.13. The van der Waals surface area contributed by atoms with Crippen molar-refractivity contribution in [3.63, 3.8) is 0 Å². The van der Waals surface area contributed by atoms with E-state index in [1.165, 1.54) is 17.5 Å². The highest BCUT2D eigenvalue weighted by molar-refractivity contribution is 5.22. The molecule has 15 heavy (non-hydrogen) atoms. The van der Waals surface area contributed by atoms with Gasteiger partial charge >= 0.3 is 0 Å². The molecule has 0 heterocycles. The summed E-state index contributed by atoms with van der Waals surface area (Å²) < 4.78 is 0. The Kier molecular flexibility index (Phi) is 4.83. The number of nitrogens with one attached hydrogen (secondary N) is 1. The lowest BCUT2D eigenvalue weighted by Crippen LogP contribution is -2.32. The summed E-state index contributed by atoms with van der Waals surface area (Å²) in [6.07, 6.45) is 1.20. The van der Waals surface area contributed by atoms with E-state index in [0.717, 1.165) is 6.54 Å². The number of hydrogen-bond donors (Lipinski definition) is 1. The number of aryl methyl sites for hydroxylation is 1. The topological polar surface area (TPSA) is 12.0 Å². The van der Waals surface area contributed by atoms with E-state index in [1.807, 2.05) is 0 Å². The molecule has 0 spiro atoms. The Hall–Kier alpha value is -0.820. The summed E-state index contributed by atoms with van der Waals surface area (Å²) in [4.78, 5) is 0. The van der Waals surface area contributed by atoms with Crippen LogP contribution >= 0.6 is 0 Å². The lowest BCUT2D eigenvalue weighted by atomic mass is 10.0. The third kappa shape index (κ3) is 4.05. The molecule has 0 amide bonds. The Morgan fingerprint density at radius 3 is 2.53 bits per heavy atom. The molecule has 1 heteroatoms. The summed E-state index contributed by atoms with van der Waals surface area (Å²) in [5.41, 5.74) is 2.72. The van der Waals surface area contributed by atoms with Gasteiger partial charge < -0.3 is 5.32 Å². The molecular formula is C14H23N. The predicted molar refractivity (Wildman–Crippen MR) is 66.9 cm³/mol. The molecule has 1 atom stereocenters. The molecule has 0 aliphatic rings. The van der Waals surface area contributed by atoms with Gasteiger partial charge in [-0.05, 0) is 24.8 Å². The van der Waals surface area contributed by atoms with Crippen molar-refractivity contribution in [3.05, 3.63) is 35.4 Å². The van der Waals surface area contributed by atoms with Gasteiger partial charge in [0, 0.05) is 12.6 Å². The Labute approximate surface area is 93.9 Å². The van der Waals surface area contributed by atoms with Crippen LogP contribution in [0.4, 0.5) is 0 Å². The van der Waals surface area contributed by atoms with Gasteiger partial charge in [-0.2, -0.15) is 0 Å². The Morgan fingerprint density at radius 1 is 1.27 bits per heavy atom. The lowest BCUT2D eigenvalue weighted by molar-refractivity contribution is 0.387. The van der Waals surface area contributed by atoms with E-state index in [4.69, 9.17) is 0 Å². The number of hydrogen-bond acceptors (Lipinski definition) is 1. The van der Waals surface area contributed by atoms with Crippen molar-refractivity contribution in [1.82, 2.24) is 5.32 Å². The summed E-state index contributed by atoms with van der Waals surface area (Å²) in [6, 6.07) is 9.34. The van der Waals surface area contributed by atoms with Crippen molar-refractivity contribution in [2.45, 2.75) is 46.7 Å². The number of rotatable bonds is 5. The molecule has 1 N–H and O–H groups in total. The third-order valence-corrected chi connectivity index (χ3v) is 2.90. The van der Waals surface area contributed by atoms with Gasteiger partial charge in [0.25, 0.3) is 0 Å². The Bertz CT molecular complexity index is 291. The summed E-state index contributed by atoms with van der Waals surface area (Å²) in [5.74, 6) is 0.708. The fourth-order valence-corrected chi connectivity index (χ4v) is 1.92. The first-order valence-electron chi connectivity index (χ1n) is 5.92. The zero-order valence-electron chi connectivity index (χ0n) is 10.4. The van der Waals surface area contributed by atoms with E-state index < -0.39 is 0 Å². The minimum absolute atomic E-state index is 0.630. The summed E-state index contributed by atoms with van der Waals surface area (Å²) in [7, 11) is 0. The maximum atomic E-state index is 3.61. The zero-order chi connectivity index (χ0) is 11.3. The molecule has 0 aromatic heterocycles. The molecule has 84 valence electrons. The van der Waals surface area contributed by atoms with Crippen molar-refractivity contribution < 1.29 is 0 Å². The van der Waals surface area contributed by atoms with Crippen LogP contribution < -0.4 is 5.32 Å². The molecule has 1 unspecified atom stereocenters. The molecule has 1 aromatic rings. The minimum Gasteiger partial charge on any atom is -0.310 e. The summed E-state index contributed by atoms with van der Waals surface area (Å²) in [5, 5.41) is 3.61. The van der Waals surface area contributed by atoms with Gasteiger partial charge in [0.05, 0.1) is 0 Å². The Morgan fingerprint density at radius 2 is 2.00 bits per heavy atom. The molecule has 1 rings (SSSR count). The van der Waals surface area contributed by atoms with Crippen LogP contribution in [0.5, 0.6) is 0 Å². The van der Waals surface area contributed by atoms with Crippen LogP contribution in [0.1, 0.15) is 38.3 Å². The maximum Gasteiger partial charge on any atom is 0.0208 e. The lowest BCUT2D eigenvalue weighted by Gasteiger charge is -2.20. The fraction of sp³-hybridized carbons (Fsp3) is 0.571. The molecule has 0 bridgehead atoms. The van der Waals surface area contributed by atoms with Crippen LogP contribution in [0.2, 0.25) is 0 Å². The second-order valence-corrected chi connectivity index (χ2v) is 4.63. The third-order valence-electron chi connectivity index (χ3n) is 2.90. The summed E-state index contributed by atoms with van der Waals surface area (Å²) >= 11 is 0. The van der Waals surface area contributed by atoms with Crippen molar-refractivity contribution in [2.24, 2.45) is 5.92 Å². The molecule has 0 saturated carbocycles. The standard InChI is InChI=1S/C14H23N/c1-5-14(11(2)3)15-10-13-8-6-7-12(4)9-13/h6-9,11,14-15H,5,10H2,1-4H3. The first-order valence-corrected chi connectivity index (χ1v) is 5.92. The van der Waals surface area contributed by atoms with Gasteiger partial charge in [-0.1, -0.05) is 50.6 Å². The molecular weight excluding hydrogens is 182 g/mol. The van der Waals surface area contributed by atoms with Crippen LogP contribution in [0, 0.1) is 12.8 Å². The number of benzene rings is 1. The van der Waals surface area contributed by atoms with E-state index in [2.05, 4.69) is 57.3 Å². The van der Waals surface area contributed by atoms with Gasteiger partial charge in [-0.15, -0.1) is 0 Å². The monoisotopic (exact) mass is 205 g/mol. The molecule has 0 saturated heterocycles. The van der Waals surface area contributed by atoms with E-state index in [1.54, 1.807) is 0 Å². The molecule has 1 nitrogen and oxygen atoms in total. The SMILES string of the molecule is CCC(NCc1cccc(C)c1)C(C)C. The molecule has 0 aliphatic carbocycles. The van der Waals surface area contributed by atoms with Crippen molar-refractivity contribution >= 4 is 0 Å². The molecule has 0 radical (unpaired) electrons. The van der Waals surface area contributed by atoms with Crippen LogP contribution in [-0.2, 0) is 6.54 Å². The van der Waals surface area contributed by atoms with E-state index in [0.29, 0.717) is 12.0 Å². The normalized spacial score (nSPS) is 13.1. The molecule has 0 fully saturated rings. The van der Waals surface area contributed by atoms with Crippen LogP contribution in [-0.4, -0.2) is 6.04 Å². The van der Waals surface area contributed by atoms with Gasteiger partial charge in [-0.3, -0.25) is 0 Å². The average Bonchev–Trinajstić information content (AvgIpc) is 2.18. The van der Waals surface area contributed by atoms with Crippen molar-refractivity contribution in [1.29, 1.82) is 0 Å². The van der Waals surface area contributed by atoms with E-state index >= 15 is 0 Å². The second kappa shape index (κ2) is 5.92. The van der Waals surface area contributed by atoms with Gasteiger partial charge in [0.2, 0.25) is 0 Å². The highest BCUT2D eigenvalue weighted by Gasteiger charge is 2.09. The quantitative estimate of drug-likeness (QED) is 0.775. The average molecular weight is 205 g/mol. The molecule has 1 aromatic carbocycles. The molecule has 0 aliphatic heterocycles. The minimum atomic E-state index is 0.630. The Balaban J connectivity index is 2.49. The van der Waals surface area contributed by atoms with Crippen LogP contribution in [0.25, 0.3) is 0 Å². The fourth-order valence-electron chi connectivity index (χ4n) is 1.92. The largest absolute Gasteiger partial charge is 0.310 e. The van der Waals surface area contributed by atoms with Gasteiger partial charge in [-0.25, -0.2) is 0 Å². The maximum absolute atomic E-state index is 3.61.